The first-order chi connectivity index (χ1) is 7.20. The second-order valence-corrected chi connectivity index (χ2v) is 4.29. The SMILES string of the molecule is Cc1cc(C(N)CC(F)(F)F)c(C)cc1Cl. The first-order valence-corrected chi connectivity index (χ1v) is 5.17. The van der Waals surface area contributed by atoms with Crippen LogP contribution in [0.15, 0.2) is 12.1 Å². The number of hydrogen-bond acceptors (Lipinski definition) is 1. The zero-order valence-corrected chi connectivity index (χ0v) is 9.78. The van der Waals surface area contributed by atoms with Crippen molar-refractivity contribution in [3.8, 4) is 0 Å². The first-order valence-electron chi connectivity index (χ1n) is 4.79. The van der Waals surface area contributed by atoms with Crippen LogP contribution in [0.1, 0.15) is 29.2 Å². The van der Waals surface area contributed by atoms with Gasteiger partial charge in [0.15, 0.2) is 0 Å². The summed E-state index contributed by atoms with van der Waals surface area (Å²) in [5.41, 5.74) is 7.46. The lowest BCUT2D eigenvalue weighted by atomic mass is 9.97. The fourth-order valence-electron chi connectivity index (χ4n) is 1.56. The molecule has 90 valence electrons. The van der Waals surface area contributed by atoms with Gasteiger partial charge in [-0.3, -0.25) is 0 Å². The molecule has 0 fully saturated rings. The average molecular weight is 252 g/mol. The van der Waals surface area contributed by atoms with Gasteiger partial charge in [-0.1, -0.05) is 17.7 Å². The van der Waals surface area contributed by atoms with Gasteiger partial charge < -0.3 is 5.73 Å². The zero-order valence-electron chi connectivity index (χ0n) is 9.03. The van der Waals surface area contributed by atoms with Crippen LogP contribution in [0.2, 0.25) is 5.02 Å². The molecule has 1 atom stereocenters. The Morgan fingerprint density at radius 3 is 2.31 bits per heavy atom. The minimum atomic E-state index is -4.25. The fraction of sp³-hybridized carbons (Fsp3) is 0.455. The normalized spacial score (nSPS) is 13.9. The van der Waals surface area contributed by atoms with E-state index in [1.165, 1.54) is 0 Å². The number of hydrogen-bond donors (Lipinski definition) is 1. The second-order valence-electron chi connectivity index (χ2n) is 3.88. The molecular weight excluding hydrogens is 239 g/mol. The van der Waals surface area contributed by atoms with E-state index in [0.717, 1.165) is 5.56 Å². The zero-order chi connectivity index (χ0) is 12.5. The molecule has 0 aliphatic carbocycles. The van der Waals surface area contributed by atoms with Gasteiger partial charge in [-0.15, -0.1) is 0 Å². The summed E-state index contributed by atoms with van der Waals surface area (Å²) < 4.78 is 36.6. The first kappa shape index (κ1) is 13.3. The molecule has 0 bridgehead atoms. The van der Waals surface area contributed by atoms with E-state index in [2.05, 4.69) is 0 Å². The quantitative estimate of drug-likeness (QED) is 0.847. The maximum absolute atomic E-state index is 12.2. The van der Waals surface area contributed by atoms with Gasteiger partial charge >= 0.3 is 6.18 Å². The van der Waals surface area contributed by atoms with Crippen molar-refractivity contribution < 1.29 is 13.2 Å². The summed E-state index contributed by atoms with van der Waals surface area (Å²) in [6.45, 7) is 3.45. The van der Waals surface area contributed by atoms with Crippen molar-refractivity contribution in [2.45, 2.75) is 32.5 Å². The maximum atomic E-state index is 12.2. The molecule has 0 heterocycles. The lowest BCUT2D eigenvalue weighted by molar-refractivity contribution is -0.138. The standard InChI is InChI=1S/C11H13ClF3N/c1-6-4-9(12)7(2)3-8(6)10(16)5-11(13,14)15/h3-4,10H,5,16H2,1-2H3. The molecule has 0 aromatic heterocycles. The highest BCUT2D eigenvalue weighted by Gasteiger charge is 2.31. The molecule has 0 radical (unpaired) electrons. The Balaban J connectivity index is 3.00. The molecule has 0 saturated carbocycles. The van der Waals surface area contributed by atoms with Crippen molar-refractivity contribution in [1.29, 1.82) is 0 Å². The Labute approximate surface area is 97.4 Å². The molecule has 1 unspecified atom stereocenters. The van der Waals surface area contributed by atoms with Crippen LogP contribution in [0.3, 0.4) is 0 Å². The van der Waals surface area contributed by atoms with Crippen LogP contribution < -0.4 is 5.73 Å². The molecular formula is C11H13ClF3N. The second kappa shape index (κ2) is 4.63. The minimum Gasteiger partial charge on any atom is -0.324 e. The van der Waals surface area contributed by atoms with Crippen molar-refractivity contribution in [3.63, 3.8) is 0 Å². The van der Waals surface area contributed by atoms with Crippen LogP contribution in [0.25, 0.3) is 0 Å². The molecule has 1 aromatic rings. The lowest BCUT2D eigenvalue weighted by Crippen LogP contribution is -2.21. The Bertz CT molecular complexity index is 388. The van der Waals surface area contributed by atoms with Crippen LogP contribution in [0, 0.1) is 13.8 Å². The summed E-state index contributed by atoms with van der Waals surface area (Å²) >= 11 is 5.86. The third-order valence-electron chi connectivity index (χ3n) is 2.40. The van der Waals surface area contributed by atoms with E-state index < -0.39 is 18.6 Å². The molecule has 1 nitrogen and oxygen atoms in total. The van der Waals surface area contributed by atoms with Crippen molar-refractivity contribution >= 4 is 11.6 Å². The predicted octanol–water partition coefficient (Wildman–Crippen LogP) is 3.91. The molecule has 0 amide bonds. The topological polar surface area (TPSA) is 26.0 Å². The molecule has 0 aliphatic heterocycles. The van der Waals surface area contributed by atoms with Crippen molar-refractivity contribution in [3.05, 3.63) is 33.8 Å². The Hall–Kier alpha value is -0.740. The van der Waals surface area contributed by atoms with Gasteiger partial charge in [0.2, 0.25) is 0 Å². The molecule has 1 aromatic carbocycles. The smallest absolute Gasteiger partial charge is 0.324 e. The van der Waals surface area contributed by atoms with Gasteiger partial charge in [0.1, 0.15) is 0 Å². The van der Waals surface area contributed by atoms with E-state index >= 15 is 0 Å². The lowest BCUT2D eigenvalue weighted by Gasteiger charge is -2.17. The third-order valence-corrected chi connectivity index (χ3v) is 2.81. The predicted molar refractivity (Wildman–Crippen MR) is 58.5 cm³/mol. The summed E-state index contributed by atoms with van der Waals surface area (Å²) in [5.74, 6) is 0. The van der Waals surface area contributed by atoms with Crippen molar-refractivity contribution in [1.82, 2.24) is 0 Å². The van der Waals surface area contributed by atoms with E-state index in [1.807, 2.05) is 0 Å². The highest BCUT2D eigenvalue weighted by Crippen LogP contribution is 2.31. The number of halogens is 4. The minimum absolute atomic E-state index is 0.499. The number of alkyl halides is 3. The Morgan fingerprint density at radius 2 is 1.81 bits per heavy atom. The van der Waals surface area contributed by atoms with Gasteiger partial charge in [-0.05, 0) is 36.6 Å². The molecule has 1 rings (SSSR count). The maximum Gasteiger partial charge on any atom is 0.390 e. The van der Waals surface area contributed by atoms with Crippen molar-refractivity contribution in [2.75, 3.05) is 0 Å². The molecule has 0 aliphatic rings. The van der Waals surface area contributed by atoms with E-state index in [4.69, 9.17) is 17.3 Å². The van der Waals surface area contributed by atoms with Crippen LogP contribution >= 0.6 is 11.6 Å². The summed E-state index contributed by atoms with van der Waals surface area (Å²) in [7, 11) is 0. The summed E-state index contributed by atoms with van der Waals surface area (Å²) in [6.07, 6.45) is -5.27. The molecule has 0 spiro atoms. The summed E-state index contributed by atoms with van der Waals surface area (Å²) in [4.78, 5) is 0. The van der Waals surface area contributed by atoms with Gasteiger partial charge in [-0.25, -0.2) is 0 Å². The van der Waals surface area contributed by atoms with Gasteiger partial charge in [0.05, 0.1) is 6.42 Å². The molecule has 0 saturated heterocycles. The van der Waals surface area contributed by atoms with Gasteiger partial charge in [-0.2, -0.15) is 13.2 Å². The number of benzene rings is 1. The van der Waals surface area contributed by atoms with Crippen LogP contribution in [0.4, 0.5) is 13.2 Å². The molecule has 2 N–H and O–H groups in total. The van der Waals surface area contributed by atoms with Crippen LogP contribution in [-0.2, 0) is 0 Å². The number of rotatable bonds is 2. The van der Waals surface area contributed by atoms with Crippen LogP contribution in [0.5, 0.6) is 0 Å². The summed E-state index contributed by atoms with van der Waals surface area (Å²) in [5, 5.41) is 0.542. The number of nitrogens with two attached hydrogens (primary N) is 1. The van der Waals surface area contributed by atoms with E-state index in [-0.39, 0.29) is 0 Å². The molecule has 5 heteroatoms. The summed E-state index contributed by atoms with van der Waals surface area (Å²) in [6, 6.07) is 2.23. The largest absolute Gasteiger partial charge is 0.390 e. The number of aryl methyl sites for hydroxylation is 2. The highest BCUT2D eigenvalue weighted by atomic mass is 35.5. The average Bonchev–Trinajstić information content (AvgIpc) is 2.08. The fourth-order valence-corrected chi connectivity index (χ4v) is 1.78. The Morgan fingerprint density at radius 1 is 1.25 bits per heavy atom. The van der Waals surface area contributed by atoms with Crippen molar-refractivity contribution in [2.24, 2.45) is 5.73 Å². The van der Waals surface area contributed by atoms with E-state index in [1.54, 1.807) is 26.0 Å². The van der Waals surface area contributed by atoms with E-state index in [0.29, 0.717) is 16.1 Å². The highest BCUT2D eigenvalue weighted by molar-refractivity contribution is 6.31. The molecule has 16 heavy (non-hydrogen) atoms. The monoisotopic (exact) mass is 251 g/mol. The van der Waals surface area contributed by atoms with E-state index in [9.17, 15) is 13.2 Å². The van der Waals surface area contributed by atoms with Gasteiger partial charge in [0, 0.05) is 11.1 Å². The van der Waals surface area contributed by atoms with Crippen LogP contribution in [-0.4, -0.2) is 6.18 Å². The third kappa shape index (κ3) is 3.39. The van der Waals surface area contributed by atoms with Gasteiger partial charge in [0.25, 0.3) is 0 Å². The Kier molecular flexibility index (Phi) is 3.86.